The Morgan fingerprint density at radius 1 is 0.598 bits per heavy atom. The number of hydrogen-bond acceptors (Lipinski definition) is 15. The zero-order valence-corrected chi connectivity index (χ0v) is 56.3. The molecule has 7 aromatic rings. The van der Waals surface area contributed by atoms with E-state index in [1.54, 1.807) is 18.1 Å². The van der Waals surface area contributed by atoms with Gasteiger partial charge >= 0.3 is 0 Å². The molecule has 0 amide bonds. The summed E-state index contributed by atoms with van der Waals surface area (Å²) in [6.07, 6.45) is 16.1. The standard InChI is InChI=1S/2C21H28N6O.C21H26N6O.C2H6.CH5NO.3CH4/c1-12(2)27-11-22-19(25-27)16-14-7-8-15-20(3,4)18-13(10-23-28-18)9-21(15,5)17(14)24-26(16)6;2*1-12(2)27-11-23-19(25-27)16-13-8-9-15-20(3,4)18(28)14(22-6)10-21(15,5)17(13)24-26(16)7;1-2;1-2-3;;;/h10-12,15H,7-9H2,1-6H3;11-12,14-15H,8-10H2,1-5,7H3;10-12,15H,8-9H2,1-5,7H3;1-2H3;2-3H,1H3;3*1H4/t15-,21-;14?,15-,21-;15-,21-;;;;;/m000...../s1. The van der Waals surface area contributed by atoms with Crippen molar-refractivity contribution >= 4 is 11.6 Å². The lowest BCUT2D eigenvalue weighted by Crippen LogP contribution is -2.56. The molecule has 7 atom stereocenters. The number of Topliss-reactive ketones (excluding diaryl/α,β-unsaturated/α-hetero) is 2. The Bertz CT molecular complexity index is 3910. The van der Waals surface area contributed by atoms with Crippen molar-refractivity contribution in [2.45, 2.75) is 237 Å². The Labute approximate surface area is 546 Å². The molecule has 92 heavy (non-hydrogen) atoms. The van der Waals surface area contributed by atoms with Crippen LogP contribution in [0.25, 0.3) is 44.2 Å². The van der Waals surface area contributed by atoms with Gasteiger partial charge in [-0.2, -0.15) is 15.3 Å². The first-order valence-electron chi connectivity index (χ1n) is 31.6. The van der Waals surface area contributed by atoms with Gasteiger partial charge in [0.2, 0.25) is 11.5 Å². The topological polar surface area (TPSA) is 247 Å². The van der Waals surface area contributed by atoms with Gasteiger partial charge in [-0.15, -0.1) is 15.3 Å². The quantitative estimate of drug-likeness (QED) is 0.116. The van der Waals surface area contributed by atoms with Gasteiger partial charge in [-0.25, -0.2) is 45.9 Å². The summed E-state index contributed by atoms with van der Waals surface area (Å²) >= 11 is 0. The van der Waals surface area contributed by atoms with Gasteiger partial charge in [0.05, 0.1) is 29.9 Å². The van der Waals surface area contributed by atoms with Crippen molar-refractivity contribution in [1.82, 2.24) is 84.3 Å². The zero-order valence-electron chi connectivity index (χ0n) is 56.3. The van der Waals surface area contributed by atoms with Crippen LogP contribution in [0.3, 0.4) is 0 Å². The highest BCUT2D eigenvalue weighted by molar-refractivity contribution is 6.02. The van der Waals surface area contributed by atoms with Crippen molar-refractivity contribution in [3.05, 3.63) is 105 Å². The second kappa shape index (κ2) is 26.7. The molecule has 6 aliphatic rings. The summed E-state index contributed by atoms with van der Waals surface area (Å²) in [4.78, 5) is 46.6. The lowest BCUT2D eigenvalue weighted by molar-refractivity contribution is -0.137. The van der Waals surface area contributed by atoms with Crippen molar-refractivity contribution < 1.29 is 19.3 Å². The van der Waals surface area contributed by atoms with Gasteiger partial charge in [0.15, 0.2) is 23.3 Å². The molecule has 7 heterocycles. The number of aryl methyl sites for hydroxylation is 3. The third-order valence-electron chi connectivity index (χ3n) is 20.6. The summed E-state index contributed by atoms with van der Waals surface area (Å²) in [6, 6.07) is 0.183. The minimum atomic E-state index is -0.592. The van der Waals surface area contributed by atoms with Crippen molar-refractivity contribution in [2.75, 3.05) is 7.05 Å². The highest BCUT2D eigenvalue weighted by Crippen LogP contribution is 2.59. The first-order valence-corrected chi connectivity index (χ1v) is 31.6. The molecule has 1 fully saturated rings. The fourth-order valence-electron chi connectivity index (χ4n) is 16.4. The van der Waals surface area contributed by atoms with Gasteiger partial charge in [-0.05, 0) is 104 Å². The fourth-order valence-corrected chi connectivity index (χ4v) is 16.4. The van der Waals surface area contributed by atoms with Crippen LogP contribution in [0.15, 0.2) is 41.5 Å². The van der Waals surface area contributed by atoms with Gasteiger partial charge < -0.3 is 19.4 Å². The molecule has 0 radical (unpaired) electrons. The highest BCUT2D eigenvalue weighted by Gasteiger charge is 2.62. The number of nitrogens with zero attached hydrogens (tertiary/aromatic N) is 18. The Morgan fingerprint density at radius 2 is 0.989 bits per heavy atom. The van der Waals surface area contributed by atoms with Gasteiger partial charge in [0.25, 0.3) is 6.04 Å². The van der Waals surface area contributed by atoms with E-state index in [1.807, 2.05) is 109 Å². The predicted octanol–water partition coefficient (Wildman–Crippen LogP) is 13.0. The molecule has 13 rings (SSSR count). The number of ketones is 2. The Hall–Kier alpha value is -7.76. The number of allylic oxidation sites excluding steroid dienone is 2. The average Bonchev–Trinajstić information content (AvgIpc) is 1.62. The predicted molar refractivity (Wildman–Crippen MR) is 358 cm³/mol. The Balaban J connectivity index is 0.000000208. The van der Waals surface area contributed by atoms with Crippen molar-refractivity contribution in [1.29, 1.82) is 0 Å². The molecule has 1 saturated carbocycles. The van der Waals surface area contributed by atoms with E-state index in [0.29, 0.717) is 30.0 Å². The van der Waals surface area contributed by atoms with Crippen LogP contribution in [0.4, 0.5) is 0 Å². The van der Waals surface area contributed by atoms with E-state index in [1.165, 1.54) is 29.4 Å². The largest absolute Gasteiger partial charge is 0.361 e. The number of carbonyl (C=O) groups excluding carboxylic acids is 2. The number of carbonyl (C=O) groups is 2. The number of rotatable bonds is 6. The van der Waals surface area contributed by atoms with E-state index in [9.17, 15) is 9.59 Å². The average molecular weight is 1260 g/mol. The first kappa shape index (κ1) is 73.3. The SMILES string of the molecule is C.C.C.CC.CC(C)n1cnc(-c2c3c(nn2C)[C@@]2(C)Cc4cnoc4C(C)(C)[C@@H]2CC3)n1.CNO.[C-]#[N+]C1=C[C@]2(C)c3nn(C)c(-c4ncn(C(C)C)n4)c3CC[C@H]2C(C)(C)C1=O.[C-]#[N+]C1C[C@]2(C)c3nn(C)c(-c4ncn(C(C)C)n4)c3CC[C@H]2C(C)(C)C1=O. The second-order valence-corrected chi connectivity index (χ2v) is 28.1. The van der Waals surface area contributed by atoms with Gasteiger partial charge in [-0.1, -0.05) is 110 Å². The number of fused-ring (bicyclic) bond motifs is 10. The van der Waals surface area contributed by atoms with Crippen LogP contribution in [0.1, 0.15) is 229 Å². The minimum Gasteiger partial charge on any atom is -0.361 e. The van der Waals surface area contributed by atoms with E-state index >= 15 is 0 Å². The van der Waals surface area contributed by atoms with Crippen LogP contribution >= 0.6 is 0 Å². The first-order chi connectivity index (χ1) is 41.9. The van der Waals surface area contributed by atoms with E-state index < -0.39 is 22.3 Å². The molecule has 23 heteroatoms. The maximum atomic E-state index is 12.9. The summed E-state index contributed by atoms with van der Waals surface area (Å²) in [6.45, 7) is 50.8. The smallest absolute Gasteiger partial charge is 0.282 e. The maximum Gasteiger partial charge on any atom is 0.282 e. The molecular weight excluding hydrogens is 1160 g/mol. The molecule has 1 unspecified atom stereocenters. The normalized spacial score (nSPS) is 24.6. The monoisotopic (exact) mass is 1260 g/mol. The molecule has 0 aromatic carbocycles. The van der Waals surface area contributed by atoms with Crippen LogP contribution in [0.2, 0.25) is 0 Å². The summed E-state index contributed by atoms with van der Waals surface area (Å²) < 4.78 is 17.0. The molecule has 6 aliphatic carbocycles. The number of hydroxylamine groups is 1. The maximum absolute atomic E-state index is 12.9. The number of nitrogens with one attached hydrogen (secondary N) is 1. The summed E-state index contributed by atoms with van der Waals surface area (Å²) in [5.41, 5.74) is 11.0. The van der Waals surface area contributed by atoms with E-state index in [4.69, 9.17) is 43.3 Å². The lowest BCUT2D eigenvalue weighted by Gasteiger charge is -2.51. The lowest BCUT2D eigenvalue weighted by atomic mass is 9.50. The van der Waals surface area contributed by atoms with Crippen molar-refractivity contribution in [3.8, 4) is 34.6 Å². The van der Waals surface area contributed by atoms with Crippen LogP contribution in [-0.2, 0) is 78.1 Å². The number of aromatic nitrogens is 16. The third-order valence-corrected chi connectivity index (χ3v) is 20.6. The highest BCUT2D eigenvalue weighted by atomic mass is 16.5. The van der Waals surface area contributed by atoms with E-state index in [0.717, 1.165) is 90.6 Å². The van der Waals surface area contributed by atoms with E-state index in [-0.39, 0.29) is 79.7 Å². The summed E-state index contributed by atoms with van der Waals surface area (Å²) in [7, 11) is 7.30. The second-order valence-electron chi connectivity index (χ2n) is 28.1. The molecule has 0 bridgehead atoms. The number of hydrogen-bond donors (Lipinski definition) is 2. The van der Waals surface area contributed by atoms with Crippen LogP contribution in [-0.4, -0.2) is 109 Å². The fraction of sp³-hybridized carbons (Fsp3) is 0.652. The third kappa shape index (κ3) is 11.7. The molecule has 23 nitrogen and oxygen atoms in total. The molecule has 0 aliphatic heterocycles. The van der Waals surface area contributed by atoms with Gasteiger partial charge in [0.1, 0.15) is 41.8 Å². The van der Waals surface area contributed by atoms with Gasteiger partial charge in [0, 0.05) is 107 Å². The Kier molecular flexibility index (Phi) is 21.3. The van der Waals surface area contributed by atoms with Gasteiger partial charge in [-0.3, -0.25) is 18.8 Å². The van der Waals surface area contributed by atoms with Crippen LogP contribution < -0.4 is 5.48 Å². The molecule has 2 N–H and O–H groups in total. The molecule has 0 spiro atoms. The summed E-state index contributed by atoms with van der Waals surface area (Å²) in [5.74, 6) is 3.96. The molecule has 7 aromatic heterocycles. The van der Waals surface area contributed by atoms with Crippen molar-refractivity contribution in [3.63, 3.8) is 0 Å². The Morgan fingerprint density at radius 3 is 1.39 bits per heavy atom. The molecule has 0 saturated heterocycles. The minimum absolute atomic E-state index is 0. The zero-order chi connectivity index (χ0) is 65.4. The summed E-state index contributed by atoms with van der Waals surface area (Å²) in [5, 5.41) is 40.3. The molecule has 500 valence electrons. The van der Waals surface area contributed by atoms with Crippen LogP contribution in [0, 0.1) is 41.7 Å². The van der Waals surface area contributed by atoms with Crippen LogP contribution in [0.5, 0.6) is 0 Å². The molecular formula is C69H105N19O4. The van der Waals surface area contributed by atoms with Crippen molar-refractivity contribution in [2.24, 2.45) is 49.7 Å². The van der Waals surface area contributed by atoms with E-state index in [2.05, 4.69) is 116 Å².